The molecule has 0 saturated carbocycles. The van der Waals surface area contributed by atoms with Crippen LogP contribution in [-0.4, -0.2) is 19.1 Å². The van der Waals surface area contributed by atoms with Crippen molar-refractivity contribution in [3.63, 3.8) is 0 Å². The molecule has 0 fully saturated rings. The molecule has 0 spiro atoms. The maximum Gasteiger partial charge on any atom is 0.235 e. The number of benzene rings is 8. The van der Waals surface area contributed by atoms with Gasteiger partial charge in [-0.3, -0.25) is 4.57 Å². The van der Waals surface area contributed by atoms with Gasteiger partial charge < -0.3 is 4.57 Å². The number of para-hydroxylation sites is 3. The number of hydrogen-bond acceptors (Lipinski definition) is 2. The van der Waals surface area contributed by atoms with Gasteiger partial charge in [-0.1, -0.05) is 121 Å². The summed E-state index contributed by atoms with van der Waals surface area (Å²) in [4.78, 5) is 10.7. The van der Waals surface area contributed by atoms with Crippen LogP contribution in [0.15, 0.2) is 170 Å². The zero-order valence-electron chi connectivity index (χ0n) is 27.0. The Morgan fingerprint density at radius 1 is 0.360 bits per heavy atom. The number of hydrogen-bond donors (Lipinski definition) is 0. The highest BCUT2D eigenvalue weighted by molar-refractivity contribution is 6.22. The average Bonchev–Trinajstić information content (AvgIpc) is 3.69. The Morgan fingerprint density at radius 2 is 1.04 bits per heavy atom. The van der Waals surface area contributed by atoms with Crippen LogP contribution in [-0.2, 0) is 0 Å². The highest BCUT2D eigenvalue weighted by atomic mass is 15.2. The summed E-state index contributed by atoms with van der Waals surface area (Å²) in [6.07, 6.45) is 0. The smallest absolute Gasteiger partial charge is 0.235 e. The SMILES string of the molecule is c1ccc(-n2c3cc(-c4nc(-n5c6ccccc6c6cc7ccccc7cc65)nc5ccccc45)ccc3c3c4ccccc4ccc32)cc1. The number of aromatic nitrogens is 4. The second-order valence-corrected chi connectivity index (χ2v) is 13.0. The summed E-state index contributed by atoms with van der Waals surface area (Å²) in [5, 5.41) is 10.8. The van der Waals surface area contributed by atoms with E-state index >= 15 is 0 Å². The summed E-state index contributed by atoms with van der Waals surface area (Å²) in [6, 6.07) is 60.7. The monoisotopic (exact) mass is 636 g/mol. The molecule has 0 atom stereocenters. The third-order valence-corrected chi connectivity index (χ3v) is 10.3. The Balaban J connectivity index is 1.23. The fraction of sp³-hybridized carbons (Fsp3) is 0. The molecule has 0 unspecified atom stereocenters. The van der Waals surface area contributed by atoms with Gasteiger partial charge in [-0.05, 0) is 70.1 Å². The van der Waals surface area contributed by atoms with Crippen molar-refractivity contribution in [2.45, 2.75) is 0 Å². The van der Waals surface area contributed by atoms with Gasteiger partial charge in [0.2, 0.25) is 5.95 Å². The average molecular weight is 637 g/mol. The maximum atomic E-state index is 5.45. The molecule has 50 heavy (non-hydrogen) atoms. The van der Waals surface area contributed by atoms with E-state index in [-0.39, 0.29) is 0 Å². The third kappa shape index (κ3) is 3.87. The van der Waals surface area contributed by atoms with E-state index in [1.54, 1.807) is 0 Å². The Labute approximate surface area is 287 Å². The Morgan fingerprint density at radius 3 is 1.90 bits per heavy atom. The first-order chi connectivity index (χ1) is 24.8. The summed E-state index contributed by atoms with van der Waals surface area (Å²) in [5.74, 6) is 0.662. The summed E-state index contributed by atoms with van der Waals surface area (Å²) in [7, 11) is 0. The van der Waals surface area contributed by atoms with Crippen LogP contribution in [0, 0.1) is 0 Å². The van der Waals surface area contributed by atoms with Gasteiger partial charge in [0.05, 0.1) is 33.3 Å². The van der Waals surface area contributed by atoms with Crippen LogP contribution < -0.4 is 0 Å². The van der Waals surface area contributed by atoms with Gasteiger partial charge in [0.25, 0.3) is 0 Å². The predicted molar refractivity (Wildman–Crippen MR) is 209 cm³/mol. The molecule has 8 aromatic carbocycles. The predicted octanol–water partition coefficient (Wildman–Crippen LogP) is 11.8. The summed E-state index contributed by atoms with van der Waals surface area (Å²) in [6.45, 7) is 0. The number of fused-ring (bicyclic) bond motifs is 10. The van der Waals surface area contributed by atoms with Crippen LogP contribution >= 0.6 is 0 Å². The van der Waals surface area contributed by atoms with Gasteiger partial charge in [0.1, 0.15) is 0 Å². The second kappa shape index (κ2) is 10.4. The topological polar surface area (TPSA) is 35.6 Å². The molecule has 0 saturated heterocycles. The molecule has 0 radical (unpaired) electrons. The molecule has 3 heterocycles. The largest absolute Gasteiger partial charge is 0.309 e. The van der Waals surface area contributed by atoms with Crippen LogP contribution in [0.4, 0.5) is 0 Å². The van der Waals surface area contributed by atoms with Crippen molar-refractivity contribution >= 4 is 76.1 Å². The molecule has 3 aromatic heterocycles. The lowest BCUT2D eigenvalue weighted by Gasteiger charge is -2.13. The van der Waals surface area contributed by atoms with E-state index in [2.05, 4.69) is 179 Å². The van der Waals surface area contributed by atoms with E-state index in [0.717, 1.165) is 44.4 Å². The van der Waals surface area contributed by atoms with E-state index in [9.17, 15) is 0 Å². The molecule has 0 aliphatic heterocycles. The zero-order chi connectivity index (χ0) is 32.8. The van der Waals surface area contributed by atoms with Crippen molar-refractivity contribution in [2.75, 3.05) is 0 Å². The first-order valence-electron chi connectivity index (χ1n) is 17.0. The minimum absolute atomic E-state index is 0.662. The second-order valence-electron chi connectivity index (χ2n) is 13.0. The Kier molecular flexibility index (Phi) is 5.63. The molecule has 4 nitrogen and oxygen atoms in total. The number of nitrogens with zero attached hydrogens (tertiary/aromatic N) is 4. The van der Waals surface area contributed by atoms with E-state index < -0.39 is 0 Å². The number of rotatable bonds is 3. The van der Waals surface area contributed by atoms with Crippen molar-refractivity contribution < 1.29 is 0 Å². The van der Waals surface area contributed by atoms with Gasteiger partial charge in [-0.15, -0.1) is 0 Å². The van der Waals surface area contributed by atoms with Crippen molar-refractivity contribution in [1.29, 1.82) is 0 Å². The van der Waals surface area contributed by atoms with Crippen LogP contribution in [0.3, 0.4) is 0 Å². The zero-order valence-corrected chi connectivity index (χ0v) is 27.0. The molecule has 232 valence electrons. The molecule has 0 N–H and O–H groups in total. The van der Waals surface area contributed by atoms with Gasteiger partial charge >= 0.3 is 0 Å². The normalized spacial score (nSPS) is 12.0. The quantitative estimate of drug-likeness (QED) is 0.193. The van der Waals surface area contributed by atoms with Crippen LogP contribution in [0.25, 0.3) is 99.0 Å². The summed E-state index contributed by atoms with van der Waals surface area (Å²) in [5.41, 5.74) is 8.52. The lowest BCUT2D eigenvalue weighted by atomic mass is 10.0. The molecule has 0 amide bonds. The minimum atomic E-state index is 0.662. The van der Waals surface area contributed by atoms with Crippen LogP contribution in [0.1, 0.15) is 0 Å². The van der Waals surface area contributed by atoms with Gasteiger partial charge in [0.15, 0.2) is 0 Å². The van der Waals surface area contributed by atoms with E-state index in [0.29, 0.717) is 5.95 Å². The maximum absolute atomic E-state index is 5.45. The van der Waals surface area contributed by atoms with E-state index in [1.165, 1.54) is 48.6 Å². The van der Waals surface area contributed by atoms with Gasteiger partial charge in [-0.2, -0.15) is 0 Å². The first kappa shape index (κ1) is 27.2. The van der Waals surface area contributed by atoms with Gasteiger partial charge in [-0.25, -0.2) is 9.97 Å². The highest BCUT2D eigenvalue weighted by Gasteiger charge is 2.20. The fourth-order valence-electron chi connectivity index (χ4n) is 8.04. The van der Waals surface area contributed by atoms with Crippen molar-refractivity contribution in [1.82, 2.24) is 19.1 Å². The molecule has 11 aromatic rings. The van der Waals surface area contributed by atoms with Crippen molar-refractivity contribution in [3.8, 4) is 22.9 Å². The molecule has 11 rings (SSSR count). The van der Waals surface area contributed by atoms with Gasteiger partial charge in [0, 0.05) is 38.2 Å². The van der Waals surface area contributed by atoms with Crippen LogP contribution in [0.5, 0.6) is 0 Å². The summed E-state index contributed by atoms with van der Waals surface area (Å²) < 4.78 is 4.63. The van der Waals surface area contributed by atoms with Crippen LogP contribution in [0.2, 0.25) is 0 Å². The Hall–Kier alpha value is -6.78. The van der Waals surface area contributed by atoms with Crippen molar-refractivity contribution in [2.24, 2.45) is 0 Å². The first-order valence-corrected chi connectivity index (χ1v) is 17.0. The molecule has 4 heteroatoms. The standard InChI is InChI=1S/C46H28N4/c1-2-15-33(16-3-1)49-41-25-23-29-12-6-7-17-34(29)44(41)37-24-22-32(28-42(37)49)45-36-19-8-10-20-39(36)47-46(48-45)50-40-21-11-9-18-35(40)38-26-30-13-4-5-14-31(30)27-43(38)50/h1-28H. The molecule has 0 aliphatic carbocycles. The fourth-order valence-corrected chi connectivity index (χ4v) is 8.04. The molecule has 0 bridgehead atoms. The summed E-state index contributed by atoms with van der Waals surface area (Å²) >= 11 is 0. The third-order valence-electron chi connectivity index (χ3n) is 10.3. The molecule has 0 aliphatic rings. The Bertz CT molecular complexity index is 3150. The highest BCUT2D eigenvalue weighted by Crippen LogP contribution is 2.40. The molecular weight excluding hydrogens is 609 g/mol. The lowest BCUT2D eigenvalue weighted by Crippen LogP contribution is -2.03. The van der Waals surface area contributed by atoms with Crippen molar-refractivity contribution in [3.05, 3.63) is 170 Å². The lowest BCUT2D eigenvalue weighted by molar-refractivity contribution is 1.01. The van der Waals surface area contributed by atoms with E-state index in [4.69, 9.17) is 9.97 Å². The minimum Gasteiger partial charge on any atom is -0.309 e. The van der Waals surface area contributed by atoms with E-state index in [1.807, 2.05) is 0 Å². The molecular formula is C46H28N4.